The van der Waals surface area contributed by atoms with Gasteiger partial charge in [0.2, 0.25) is 0 Å². The quantitative estimate of drug-likeness (QED) is 0.661. The van der Waals surface area contributed by atoms with E-state index in [1.54, 1.807) is 18.2 Å². The van der Waals surface area contributed by atoms with Crippen LogP contribution in [0.1, 0.15) is 24.1 Å². The van der Waals surface area contributed by atoms with E-state index in [-0.39, 0.29) is 11.2 Å². The highest BCUT2D eigenvalue weighted by molar-refractivity contribution is 5.52. The molecule has 6 heteroatoms. The molecule has 0 bridgehead atoms. The Bertz CT molecular complexity index is 699. The predicted molar refractivity (Wildman–Crippen MR) is 69.7 cm³/mol. The lowest BCUT2D eigenvalue weighted by Gasteiger charge is -2.07. The van der Waals surface area contributed by atoms with Crippen molar-refractivity contribution in [2.75, 3.05) is 0 Å². The van der Waals surface area contributed by atoms with Crippen LogP contribution in [0.4, 0.5) is 5.69 Å². The van der Waals surface area contributed by atoms with Crippen LogP contribution in [0.5, 0.6) is 0 Å². The van der Waals surface area contributed by atoms with Gasteiger partial charge < -0.3 is 0 Å². The molecular weight excluding hydrogens is 246 g/mol. The van der Waals surface area contributed by atoms with Gasteiger partial charge in [-0.25, -0.2) is 4.68 Å². The van der Waals surface area contributed by atoms with Crippen molar-refractivity contribution >= 4 is 5.69 Å². The fourth-order valence-corrected chi connectivity index (χ4v) is 2.56. The van der Waals surface area contributed by atoms with Gasteiger partial charge in [-0.15, -0.1) is 0 Å². The molecule has 0 unspecified atom stereocenters. The lowest BCUT2D eigenvalue weighted by Crippen LogP contribution is -2.18. The lowest BCUT2D eigenvalue weighted by atomic mass is 9.98. The zero-order chi connectivity index (χ0) is 13.4. The number of aromatic nitrogens is 2. The first-order valence-corrected chi connectivity index (χ1v) is 6.25. The van der Waals surface area contributed by atoms with E-state index >= 15 is 0 Å². The number of nitrogens with one attached hydrogen (secondary N) is 1. The van der Waals surface area contributed by atoms with Crippen LogP contribution in [0.2, 0.25) is 0 Å². The summed E-state index contributed by atoms with van der Waals surface area (Å²) in [6.45, 7) is 0. The fourth-order valence-electron chi connectivity index (χ4n) is 2.56. The first kappa shape index (κ1) is 11.7. The molecule has 1 aliphatic rings. The molecule has 1 heterocycles. The number of para-hydroxylation sites is 2. The Morgan fingerprint density at radius 2 is 1.95 bits per heavy atom. The molecule has 3 rings (SSSR count). The second kappa shape index (κ2) is 4.38. The maximum atomic E-state index is 12.3. The van der Waals surface area contributed by atoms with E-state index in [0.29, 0.717) is 5.69 Å². The molecule has 98 valence electrons. The molecule has 6 nitrogen and oxygen atoms in total. The number of nitro benzene ring substituents is 1. The molecular formula is C13H13N3O3. The molecule has 0 spiro atoms. The number of rotatable bonds is 2. The summed E-state index contributed by atoms with van der Waals surface area (Å²) in [5, 5.41) is 14.0. The van der Waals surface area contributed by atoms with Gasteiger partial charge in [0.05, 0.1) is 4.92 Å². The van der Waals surface area contributed by atoms with Crippen LogP contribution < -0.4 is 5.56 Å². The smallest absolute Gasteiger partial charge is 0.294 e. The molecule has 0 saturated heterocycles. The average Bonchev–Trinajstić information content (AvgIpc) is 2.76. The maximum Gasteiger partial charge on any atom is 0.294 e. The van der Waals surface area contributed by atoms with Crippen molar-refractivity contribution in [2.24, 2.45) is 0 Å². The average molecular weight is 259 g/mol. The monoisotopic (exact) mass is 259 g/mol. The molecule has 19 heavy (non-hydrogen) atoms. The van der Waals surface area contributed by atoms with Crippen LogP contribution in [0.25, 0.3) is 5.69 Å². The van der Waals surface area contributed by atoms with Gasteiger partial charge in [0, 0.05) is 17.3 Å². The minimum absolute atomic E-state index is 0.0665. The highest BCUT2D eigenvalue weighted by Crippen LogP contribution is 2.23. The van der Waals surface area contributed by atoms with Crippen molar-refractivity contribution in [1.29, 1.82) is 0 Å². The van der Waals surface area contributed by atoms with Crippen LogP contribution in [-0.2, 0) is 12.8 Å². The second-order valence-electron chi connectivity index (χ2n) is 4.66. The standard InChI is InChI=1S/C13H13N3O3/c17-13-9-5-1-2-6-10(9)14-15(13)11-7-3-4-8-12(11)16(18)19/h3-4,7-8,14H,1-2,5-6H2. The van der Waals surface area contributed by atoms with Crippen molar-refractivity contribution in [1.82, 2.24) is 9.78 Å². The van der Waals surface area contributed by atoms with Crippen molar-refractivity contribution in [3.63, 3.8) is 0 Å². The molecule has 1 aromatic carbocycles. The van der Waals surface area contributed by atoms with Gasteiger partial charge in [-0.3, -0.25) is 20.0 Å². The van der Waals surface area contributed by atoms with Gasteiger partial charge in [-0.2, -0.15) is 0 Å². The van der Waals surface area contributed by atoms with Crippen LogP contribution in [0, 0.1) is 10.1 Å². The molecule has 0 radical (unpaired) electrons. The van der Waals surface area contributed by atoms with Gasteiger partial charge in [-0.05, 0) is 31.7 Å². The molecule has 0 saturated carbocycles. The van der Waals surface area contributed by atoms with Crippen LogP contribution >= 0.6 is 0 Å². The molecule has 1 N–H and O–H groups in total. The Morgan fingerprint density at radius 3 is 2.68 bits per heavy atom. The summed E-state index contributed by atoms with van der Waals surface area (Å²) in [5.41, 5.74) is 1.75. The number of benzene rings is 1. The number of aromatic amines is 1. The van der Waals surface area contributed by atoms with E-state index in [9.17, 15) is 14.9 Å². The lowest BCUT2D eigenvalue weighted by molar-refractivity contribution is -0.384. The van der Waals surface area contributed by atoms with Crippen LogP contribution in [0.3, 0.4) is 0 Å². The predicted octanol–water partition coefficient (Wildman–Crippen LogP) is 1.95. The third kappa shape index (κ3) is 1.85. The van der Waals surface area contributed by atoms with Gasteiger partial charge in [0.25, 0.3) is 11.2 Å². The van der Waals surface area contributed by atoms with E-state index in [4.69, 9.17) is 0 Å². The SMILES string of the molecule is O=c1c2c([nH]n1-c1ccccc1[N+](=O)[O-])CCCC2. The molecule has 0 fully saturated rings. The number of nitrogens with zero attached hydrogens (tertiary/aromatic N) is 2. The van der Waals surface area contributed by atoms with Crippen molar-refractivity contribution < 1.29 is 4.92 Å². The van der Waals surface area contributed by atoms with E-state index in [1.165, 1.54) is 10.7 Å². The molecule has 0 atom stereocenters. The van der Waals surface area contributed by atoms with Gasteiger partial charge >= 0.3 is 0 Å². The number of hydrogen-bond acceptors (Lipinski definition) is 3. The van der Waals surface area contributed by atoms with Crippen LogP contribution in [0.15, 0.2) is 29.1 Å². The summed E-state index contributed by atoms with van der Waals surface area (Å²) in [6, 6.07) is 6.27. The molecule has 0 amide bonds. The fraction of sp³-hybridized carbons (Fsp3) is 0.308. The Morgan fingerprint density at radius 1 is 1.21 bits per heavy atom. The highest BCUT2D eigenvalue weighted by atomic mass is 16.6. The summed E-state index contributed by atoms with van der Waals surface area (Å²) < 4.78 is 1.30. The Hall–Kier alpha value is -2.37. The first-order chi connectivity index (χ1) is 9.18. The maximum absolute atomic E-state index is 12.3. The molecule has 2 aromatic rings. The van der Waals surface area contributed by atoms with Gasteiger partial charge in [0.15, 0.2) is 0 Å². The third-order valence-corrected chi connectivity index (χ3v) is 3.50. The van der Waals surface area contributed by atoms with Crippen molar-refractivity contribution in [3.05, 3.63) is 56.0 Å². The second-order valence-corrected chi connectivity index (χ2v) is 4.66. The Kier molecular flexibility index (Phi) is 2.70. The largest absolute Gasteiger partial charge is 0.295 e. The summed E-state index contributed by atoms with van der Waals surface area (Å²) in [5.74, 6) is 0. The van der Waals surface area contributed by atoms with Crippen molar-refractivity contribution in [3.8, 4) is 5.69 Å². The van der Waals surface area contributed by atoms with E-state index in [0.717, 1.165) is 36.9 Å². The number of H-pyrrole nitrogens is 1. The number of hydrogen-bond donors (Lipinski definition) is 1. The van der Waals surface area contributed by atoms with Gasteiger partial charge in [-0.1, -0.05) is 12.1 Å². The summed E-state index contributed by atoms with van der Waals surface area (Å²) >= 11 is 0. The van der Waals surface area contributed by atoms with Crippen LogP contribution in [-0.4, -0.2) is 14.7 Å². The summed E-state index contributed by atoms with van der Waals surface area (Å²) in [7, 11) is 0. The topological polar surface area (TPSA) is 80.9 Å². The summed E-state index contributed by atoms with van der Waals surface area (Å²) in [6.07, 6.45) is 3.62. The minimum Gasteiger partial charge on any atom is -0.295 e. The zero-order valence-corrected chi connectivity index (χ0v) is 10.3. The summed E-state index contributed by atoms with van der Waals surface area (Å²) in [4.78, 5) is 22.9. The van der Waals surface area contributed by atoms with Gasteiger partial charge in [0.1, 0.15) is 5.69 Å². The first-order valence-electron chi connectivity index (χ1n) is 6.25. The number of fused-ring (bicyclic) bond motifs is 1. The third-order valence-electron chi connectivity index (χ3n) is 3.50. The molecule has 0 aliphatic heterocycles. The number of nitro groups is 1. The minimum atomic E-state index is -0.471. The number of aryl methyl sites for hydroxylation is 1. The van der Waals surface area contributed by atoms with E-state index in [2.05, 4.69) is 5.10 Å². The highest BCUT2D eigenvalue weighted by Gasteiger charge is 2.22. The molecule has 1 aliphatic carbocycles. The normalized spacial score (nSPS) is 14.1. The zero-order valence-electron chi connectivity index (χ0n) is 10.3. The van der Waals surface area contributed by atoms with E-state index in [1.807, 2.05) is 0 Å². The Labute approximate surface area is 108 Å². The Balaban J connectivity index is 2.21. The van der Waals surface area contributed by atoms with E-state index < -0.39 is 4.92 Å². The molecule has 1 aromatic heterocycles. The van der Waals surface area contributed by atoms with Crippen molar-refractivity contribution in [2.45, 2.75) is 25.7 Å².